The van der Waals surface area contributed by atoms with Crippen molar-refractivity contribution in [2.75, 3.05) is 12.8 Å². The first-order valence-corrected chi connectivity index (χ1v) is 8.65. The number of esters is 1. The summed E-state index contributed by atoms with van der Waals surface area (Å²) in [4.78, 5) is 36.6. The van der Waals surface area contributed by atoms with Crippen LogP contribution >= 0.6 is 0 Å². The molecule has 0 bridgehead atoms. The van der Waals surface area contributed by atoms with Gasteiger partial charge >= 0.3 is 5.97 Å². The molecule has 0 saturated heterocycles. The summed E-state index contributed by atoms with van der Waals surface area (Å²) in [6.45, 7) is 1.40. The maximum atomic E-state index is 12.7. The first-order valence-electron chi connectivity index (χ1n) is 8.65. The van der Waals surface area contributed by atoms with Gasteiger partial charge in [-0.05, 0) is 25.8 Å². The predicted molar refractivity (Wildman–Crippen MR) is 96.6 cm³/mol. The molecule has 0 aromatic heterocycles. The van der Waals surface area contributed by atoms with Crippen molar-refractivity contribution in [3.63, 3.8) is 0 Å². The van der Waals surface area contributed by atoms with Crippen LogP contribution in [0.3, 0.4) is 0 Å². The van der Waals surface area contributed by atoms with Crippen molar-refractivity contribution in [1.29, 1.82) is 5.26 Å². The first kappa shape index (κ1) is 20.2. The maximum absolute atomic E-state index is 12.7. The molecule has 1 aliphatic rings. The molecular weight excluding hydrogens is 352 g/mol. The lowest BCUT2D eigenvalue weighted by molar-refractivity contribution is -0.384. The fourth-order valence-electron chi connectivity index (χ4n) is 3.25. The van der Waals surface area contributed by atoms with Crippen LogP contribution < -0.4 is 5.73 Å². The zero-order chi connectivity index (χ0) is 20.2. The number of nitriles is 1. The topological polar surface area (TPSA) is 140 Å². The van der Waals surface area contributed by atoms with Crippen molar-refractivity contribution in [1.82, 2.24) is 4.90 Å². The molecule has 1 saturated carbocycles. The van der Waals surface area contributed by atoms with Gasteiger partial charge in [0.05, 0.1) is 16.6 Å². The number of nitro benzene ring substituents is 1. The van der Waals surface area contributed by atoms with E-state index in [1.807, 2.05) is 0 Å². The Hall–Kier alpha value is -3.15. The summed E-state index contributed by atoms with van der Waals surface area (Å²) in [7, 11) is 1.53. The van der Waals surface area contributed by atoms with Crippen LogP contribution in [0.25, 0.3) is 0 Å². The second kappa shape index (κ2) is 8.03. The van der Waals surface area contributed by atoms with Crippen molar-refractivity contribution in [2.45, 2.75) is 50.7 Å². The number of hydrogen-bond acceptors (Lipinski definition) is 7. The average Bonchev–Trinajstić information content (AvgIpc) is 2.67. The van der Waals surface area contributed by atoms with Crippen molar-refractivity contribution < 1.29 is 19.2 Å². The molecule has 0 radical (unpaired) electrons. The molecule has 144 valence electrons. The van der Waals surface area contributed by atoms with Crippen LogP contribution in [0, 0.1) is 21.4 Å². The number of nitrogens with zero attached hydrogens (tertiary/aromatic N) is 3. The number of nitrogen functional groups attached to an aromatic ring is 1. The number of likely N-dealkylation sites (N-methyl/N-ethyl adjacent to an activating group) is 1. The van der Waals surface area contributed by atoms with E-state index in [2.05, 4.69) is 6.07 Å². The van der Waals surface area contributed by atoms with Gasteiger partial charge in [0.15, 0.2) is 6.10 Å². The summed E-state index contributed by atoms with van der Waals surface area (Å²) in [5, 5.41) is 20.5. The number of nitro groups is 1. The smallest absolute Gasteiger partial charge is 0.341 e. The van der Waals surface area contributed by atoms with E-state index < -0.39 is 28.4 Å². The van der Waals surface area contributed by atoms with E-state index in [-0.39, 0.29) is 16.9 Å². The maximum Gasteiger partial charge on any atom is 0.341 e. The Morgan fingerprint density at radius 2 is 2.00 bits per heavy atom. The normalized spacial score (nSPS) is 16.6. The van der Waals surface area contributed by atoms with E-state index >= 15 is 0 Å². The predicted octanol–water partition coefficient (Wildman–Crippen LogP) is 2.41. The summed E-state index contributed by atoms with van der Waals surface area (Å²) < 4.78 is 5.17. The van der Waals surface area contributed by atoms with Gasteiger partial charge in [-0.1, -0.05) is 19.3 Å². The molecule has 1 atom stereocenters. The molecule has 0 unspecified atom stereocenters. The highest BCUT2D eigenvalue weighted by molar-refractivity contribution is 5.97. The quantitative estimate of drug-likeness (QED) is 0.361. The van der Waals surface area contributed by atoms with E-state index in [0.29, 0.717) is 12.8 Å². The SMILES string of the molecule is C[C@H](OC(=O)c1cc([N+](=O)[O-])ccc1N)C(=O)N(C)C1(C#N)CCCCC1. The molecule has 1 amide bonds. The fourth-order valence-corrected chi connectivity index (χ4v) is 3.25. The Kier molecular flexibility index (Phi) is 6.00. The Labute approximate surface area is 156 Å². The largest absolute Gasteiger partial charge is 0.449 e. The number of carbonyl (C=O) groups is 2. The Morgan fingerprint density at radius 1 is 1.37 bits per heavy atom. The molecular formula is C18H22N4O5. The third-order valence-corrected chi connectivity index (χ3v) is 4.96. The van der Waals surface area contributed by atoms with Gasteiger partial charge in [0.1, 0.15) is 5.54 Å². The van der Waals surface area contributed by atoms with E-state index in [1.165, 1.54) is 31.0 Å². The minimum Gasteiger partial charge on any atom is -0.449 e. The van der Waals surface area contributed by atoms with E-state index in [1.54, 1.807) is 0 Å². The standard InChI is InChI=1S/C18H22N4O5/c1-12(16(23)21(2)18(11-19)8-4-3-5-9-18)27-17(24)14-10-13(22(25)26)6-7-15(14)20/h6-7,10,12H,3-5,8-9,20H2,1-2H3/t12-/m0/s1. The Balaban J connectivity index is 2.14. The molecule has 27 heavy (non-hydrogen) atoms. The third-order valence-electron chi connectivity index (χ3n) is 4.96. The zero-order valence-corrected chi connectivity index (χ0v) is 15.3. The van der Waals surface area contributed by atoms with Crippen LogP contribution in [-0.4, -0.2) is 40.4 Å². The molecule has 1 aliphatic carbocycles. The van der Waals surface area contributed by atoms with Crippen molar-refractivity contribution in [2.24, 2.45) is 0 Å². The fraction of sp³-hybridized carbons (Fsp3) is 0.500. The van der Waals surface area contributed by atoms with Gasteiger partial charge in [0, 0.05) is 24.9 Å². The number of benzene rings is 1. The van der Waals surface area contributed by atoms with Gasteiger partial charge in [-0.25, -0.2) is 4.79 Å². The lowest BCUT2D eigenvalue weighted by atomic mass is 9.81. The number of hydrogen-bond donors (Lipinski definition) is 1. The van der Waals surface area contributed by atoms with Gasteiger partial charge in [-0.15, -0.1) is 0 Å². The highest BCUT2D eigenvalue weighted by atomic mass is 16.6. The molecule has 2 rings (SSSR count). The monoisotopic (exact) mass is 374 g/mol. The highest BCUT2D eigenvalue weighted by Crippen LogP contribution is 2.33. The Bertz CT molecular complexity index is 795. The lowest BCUT2D eigenvalue weighted by Crippen LogP contribution is -2.53. The van der Waals surface area contributed by atoms with Crippen LogP contribution in [-0.2, 0) is 9.53 Å². The molecule has 1 aromatic rings. The number of nitrogens with two attached hydrogens (primary N) is 1. The minimum absolute atomic E-state index is 0.0133. The van der Waals surface area contributed by atoms with Crippen LogP contribution in [0.2, 0.25) is 0 Å². The van der Waals surface area contributed by atoms with Gasteiger partial charge in [-0.3, -0.25) is 14.9 Å². The van der Waals surface area contributed by atoms with Crippen LogP contribution in [0.4, 0.5) is 11.4 Å². The molecule has 9 heteroatoms. The van der Waals surface area contributed by atoms with Gasteiger partial charge in [0.2, 0.25) is 0 Å². The minimum atomic E-state index is -1.16. The van der Waals surface area contributed by atoms with E-state index in [9.17, 15) is 25.0 Å². The lowest BCUT2D eigenvalue weighted by Gasteiger charge is -2.39. The number of rotatable bonds is 5. The zero-order valence-electron chi connectivity index (χ0n) is 15.3. The third kappa shape index (κ3) is 4.16. The molecule has 2 N–H and O–H groups in total. The molecule has 9 nitrogen and oxygen atoms in total. The number of amides is 1. The molecule has 1 fully saturated rings. The van der Waals surface area contributed by atoms with Gasteiger partial charge in [-0.2, -0.15) is 5.26 Å². The summed E-state index contributed by atoms with van der Waals surface area (Å²) in [5.41, 5.74) is 4.32. The summed E-state index contributed by atoms with van der Waals surface area (Å²) >= 11 is 0. The average molecular weight is 374 g/mol. The van der Waals surface area contributed by atoms with Crippen molar-refractivity contribution in [3.8, 4) is 6.07 Å². The molecule has 0 spiro atoms. The number of anilines is 1. The molecule has 1 aromatic carbocycles. The molecule has 0 aliphatic heterocycles. The summed E-state index contributed by atoms with van der Waals surface area (Å²) in [6.07, 6.45) is 2.71. The second-order valence-corrected chi connectivity index (χ2v) is 6.68. The van der Waals surface area contributed by atoms with Crippen molar-refractivity contribution >= 4 is 23.3 Å². The van der Waals surface area contributed by atoms with E-state index in [0.717, 1.165) is 25.3 Å². The number of non-ortho nitro benzene ring substituents is 1. The summed E-state index contributed by atoms with van der Waals surface area (Å²) in [6, 6.07) is 5.66. The number of ether oxygens (including phenoxy) is 1. The van der Waals surface area contributed by atoms with Crippen LogP contribution in [0.1, 0.15) is 49.4 Å². The first-order chi connectivity index (χ1) is 12.7. The summed E-state index contributed by atoms with van der Waals surface area (Å²) in [5.74, 6) is -1.43. The highest BCUT2D eigenvalue weighted by Gasteiger charge is 2.40. The number of carbonyl (C=O) groups excluding carboxylic acids is 2. The van der Waals surface area contributed by atoms with Crippen LogP contribution in [0.15, 0.2) is 18.2 Å². The Morgan fingerprint density at radius 3 is 2.56 bits per heavy atom. The van der Waals surface area contributed by atoms with Gasteiger partial charge < -0.3 is 15.4 Å². The van der Waals surface area contributed by atoms with Gasteiger partial charge in [0.25, 0.3) is 11.6 Å². The van der Waals surface area contributed by atoms with Crippen LogP contribution in [0.5, 0.6) is 0 Å². The second-order valence-electron chi connectivity index (χ2n) is 6.68. The van der Waals surface area contributed by atoms with Crippen molar-refractivity contribution in [3.05, 3.63) is 33.9 Å². The molecule has 0 heterocycles. The van der Waals surface area contributed by atoms with E-state index in [4.69, 9.17) is 10.5 Å².